The monoisotopic (exact) mass is 238 g/mol. The van der Waals surface area contributed by atoms with Crippen LogP contribution in [0.2, 0.25) is 0 Å². The van der Waals surface area contributed by atoms with E-state index in [1.165, 1.54) is 0 Å². The number of benzene rings is 2. The first-order chi connectivity index (χ1) is 8.65. The molecule has 3 rings (SSSR count). The predicted octanol–water partition coefficient (Wildman–Crippen LogP) is 3.25. The SMILES string of the molecule is Cc1c(-c2ccc3cc(O)ccc3c2)cnn1C. The number of hydrogen-bond donors (Lipinski definition) is 1. The summed E-state index contributed by atoms with van der Waals surface area (Å²) in [5.74, 6) is 0.299. The van der Waals surface area contributed by atoms with Gasteiger partial charge in [0.05, 0.1) is 6.20 Å². The third kappa shape index (κ3) is 1.64. The number of nitrogens with zero attached hydrogens (tertiary/aromatic N) is 2. The van der Waals surface area contributed by atoms with Crippen LogP contribution in [0.4, 0.5) is 0 Å². The van der Waals surface area contributed by atoms with Crippen LogP contribution in [0.25, 0.3) is 21.9 Å². The first kappa shape index (κ1) is 10.8. The van der Waals surface area contributed by atoms with Crippen molar-refractivity contribution in [1.82, 2.24) is 9.78 Å². The zero-order chi connectivity index (χ0) is 12.7. The van der Waals surface area contributed by atoms with Crippen molar-refractivity contribution in [3.05, 3.63) is 48.3 Å². The highest BCUT2D eigenvalue weighted by Crippen LogP contribution is 2.28. The van der Waals surface area contributed by atoms with Crippen LogP contribution in [0.3, 0.4) is 0 Å². The molecule has 3 aromatic rings. The Morgan fingerprint density at radius 3 is 2.50 bits per heavy atom. The van der Waals surface area contributed by atoms with Gasteiger partial charge in [0, 0.05) is 18.3 Å². The molecule has 0 saturated carbocycles. The molecule has 0 atom stereocenters. The molecule has 2 aromatic carbocycles. The van der Waals surface area contributed by atoms with E-state index < -0.39 is 0 Å². The van der Waals surface area contributed by atoms with Crippen LogP contribution < -0.4 is 0 Å². The maximum atomic E-state index is 9.45. The van der Waals surface area contributed by atoms with Gasteiger partial charge in [0.1, 0.15) is 5.75 Å². The van der Waals surface area contributed by atoms with Gasteiger partial charge in [0.15, 0.2) is 0 Å². The molecule has 0 radical (unpaired) electrons. The molecular weight excluding hydrogens is 224 g/mol. The molecule has 90 valence electrons. The number of phenolic OH excluding ortho intramolecular Hbond substituents is 1. The predicted molar refractivity (Wildman–Crippen MR) is 72.6 cm³/mol. The van der Waals surface area contributed by atoms with E-state index in [9.17, 15) is 5.11 Å². The second-order valence-corrected chi connectivity index (χ2v) is 4.51. The zero-order valence-electron chi connectivity index (χ0n) is 10.4. The van der Waals surface area contributed by atoms with Crippen molar-refractivity contribution in [2.24, 2.45) is 7.05 Å². The molecule has 3 nitrogen and oxygen atoms in total. The number of hydrogen-bond acceptors (Lipinski definition) is 2. The van der Waals surface area contributed by atoms with Crippen molar-refractivity contribution < 1.29 is 5.11 Å². The Balaban J connectivity index is 2.19. The van der Waals surface area contributed by atoms with Crippen LogP contribution in [-0.2, 0) is 7.05 Å². The van der Waals surface area contributed by atoms with Crippen LogP contribution in [0, 0.1) is 6.92 Å². The third-order valence-electron chi connectivity index (χ3n) is 3.37. The Morgan fingerprint density at radius 1 is 1.06 bits per heavy atom. The molecule has 0 aliphatic carbocycles. The molecule has 3 heteroatoms. The number of phenols is 1. The molecule has 1 aromatic heterocycles. The standard InChI is InChI=1S/C15H14N2O/c1-10-15(9-16-17(10)2)13-4-3-12-8-14(18)6-5-11(12)7-13/h3-9,18H,1-2H3. The number of aromatic nitrogens is 2. The summed E-state index contributed by atoms with van der Waals surface area (Å²) in [5, 5.41) is 15.9. The normalized spacial score (nSPS) is 11.0. The number of aromatic hydroxyl groups is 1. The van der Waals surface area contributed by atoms with Crippen molar-refractivity contribution in [2.75, 3.05) is 0 Å². The fourth-order valence-electron chi connectivity index (χ4n) is 2.18. The van der Waals surface area contributed by atoms with Gasteiger partial charge in [0.2, 0.25) is 0 Å². The van der Waals surface area contributed by atoms with E-state index in [2.05, 4.69) is 24.2 Å². The average molecular weight is 238 g/mol. The molecule has 1 N–H and O–H groups in total. The van der Waals surface area contributed by atoms with E-state index in [1.807, 2.05) is 30.1 Å². The van der Waals surface area contributed by atoms with Gasteiger partial charge in [-0.15, -0.1) is 0 Å². The lowest BCUT2D eigenvalue weighted by Crippen LogP contribution is -1.92. The van der Waals surface area contributed by atoms with Crippen LogP contribution in [-0.4, -0.2) is 14.9 Å². The van der Waals surface area contributed by atoms with Crippen molar-refractivity contribution >= 4 is 10.8 Å². The first-order valence-corrected chi connectivity index (χ1v) is 5.87. The highest BCUT2D eigenvalue weighted by molar-refractivity contribution is 5.88. The Labute approximate surface area is 105 Å². The minimum atomic E-state index is 0.299. The largest absolute Gasteiger partial charge is 0.508 e. The second-order valence-electron chi connectivity index (χ2n) is 4.51. The van der Waals surface area contributed by atoms with E-state index in [1.54, 1.807) is 12.1 Å². The lowest BCUT2D eigenvalue weighted by molar-refractivity contribution is 0.476. The van der Waals surface area contributed by atoms with Gasteiger partial charge in [-0.2, -0.15) is 5.10 Å². The summed E-state index contributed by atoms with van der Waals surface area (Å²) in [6.45, 7) is 2.06. The molecular formula is C15H14N2O. The maximum Gasteiger partial charge on any atom is 0.116 e. The minimum absolute atomic E-state index is 0.299. The molecule has 1 heterocycles. The van der Waals surface area contributed by atoms with Crippen molar-refractivity contribution in [3.63, 3.8) is 0 Å². The molecule has 0 fully saturated rings. The van der Waals surface area contributed by atoms with Gasteiger partial charge in [0.25, 0.3) is 0 Å². The van der Waals surface area contributed by atoms with Crippen LogP contribution in [0.15, 0.2) is 42.6 Å². The van der Waals surface area contributed by atoms with Gasteiger partial charge < -0.3 is 5.11 Å². The fourth-order valence-corrected chi connectivity index (χ4v) is 2.18. The summed E-state index contributed by atoms with van der Waals surface area (Å²) in [5.41, 5.74) is 3.44. The number of rotatable bonds is 1. The molecule has 0 aliphatic rings. The molecule has 0 bridgehead atoms. The van der Waals surface area contributed by atoms with Crippen LogP contribution in [0.1, 0.15) is 5.69 Å². The summed E-state index contributed by atoms with van der Waals surface area (Å²) in [4.78, 5) is 0. The topological polar surface area (TPSA) is 38.1 Å². The Bertz CT molecular complexity index is 728. The first-order valence-electron chi connectivity index (χ1n) is 5.87. The summed E-state index contributed by atoms with van der Waals surface area (Å²) < 4.78 is 1.87. The van der Waals surface area contributed by atoms with Crippen LogP contribution >= 0.6 is 0 Å². The van der Waals surface area contributed by atoms with Gasteiger partial charge in [-0.05, 0) is 41.5 Å². The summed E-state index contributed by atoms with van der Waals surface area (Å²) in [7, 11) is 1.94. The zero-order valence-corrected chi connectivity index (χ0v) is 10.4. The number of aryl methyl sites for hydroxylation is 1. The van der Waals surface area contributed by atoms with Gasteiger partial charge >= 0.3 is 0 Å². The summed E-state index contributed by atoms with van der Waals surface area (Å²) >= 11 is 0. The minimum Gasteiger partial charge on any atom is -0.508 e. The average Bonchev–Trinajstić information content (AvgIpc) is 2.69. The highest BCUT2D eigenvalue weighted by Gasteiger charge is 2.07. The molecule has 18 heavy (non-hydrogen) atoms. The Morgan fingerprint density at radius 2 is 1.78 bits per heavy atom. The van der Waals surface area contributed by atoms with E-state index >= 15 is 0 Å². The lowest BCUT2D eigenvalue weighted by Gasteiger charge is -2.04. The van der Waals surface area contributed by atoms with Gasteiger partial charge in [-0.25, -0.2) is 0 Å². The van der Waals surface area contributed by atoms with Crippen molar-refractivity contribution in [3.8, 4) is 16.9 Å². The smallest absolute Gasteiger partial charge is 0.116 e. The summed E-state index contributed by atoms with van der Waals surface area (Å²) in [6, 6.07) is 11.6. The van der Waals surface area contributed by atoms with Gasteiger partial charge in [-0.1, -0.05) is 18.2 Å². The molecule has 0 saturated heterocycles. The second kappa shape index (κ2) is 3.88. The maximum absolute atomic E-state index is 9.45. The number of fused-ring (bicyclic) bond motifs is 1. The van der Waals surface area contributed by atoms with Crippen molar-refractivity contribution in [1.29, 1.82) is 0 Å². The molecule has 0 aliphatic heterocycles. The third-order valence-corrected chi connectivity index (χ3v) is 3.37. The molecule has 0 spiro atoms. The van der Waals surface area contributed by atoms with Gasteiger partial charge in [-0.3, -0.25) is 4.68 Å². The lowest BCUT2D eigenvalue weighted by atomic mass is 10.0. The molecule has 0 unspecified atom stereocenters. The Kier molecular flexibility index (Phi) is 2.33. The Hall–Kier alpha value is -2.29. The van der Waals surface area contributed by atoms with E-state index in [-0.39, 0.29) is 0 Å². The fraction of sp³-hybridized carbons (Fsp3) is 0.133. The molecule has 0 amide bonds. The van der Waals surface area contributed by atoms with Crippen LogP contribution in [0.5, 0.6) is 5.75 Å². The van der Waals surface area contributed by atoms with E-state index in [0.717, 1.165) is 27.6 Å². The summed E-state index contributed by atoms with van der Waals surface area (Å²) in [6.07, 6.45) is 1.89. The highest BCUT2D eigenvalue weighted by atomic mass is 16.3. The van der Waals surface area contributed by atoms with E-state index in [0.29, 0.717) is 5.75 Å². The van der Waals surface area contributed by atoms with Crippen molar-refractivity contribution in [2.45, 2.75) is 6.92 Å². The quantitative estimate of drug-likeness (QED) is 0.706. The van der Waals surface area contributed by atoms with E-state index in [4.69, 9.17) is 0 Å².